The van der Waals surface area contributed by atoms with E-state index in [4.69, 9.17) is 0 Å². The third-order valence-corrected chi connectivity index (χ3v) is 6.66. The number of hydrogen-bond acceptors (Lipinski definition) is 1. The second-order valence-corrected chi connectivity index (χ2v) is 8.69. The Hall–Kier alpha value is 2.09. The second kappa shape index (κ2) is 11.6. The summed E-state index contributed by atoms with van der Waals surface area (Å²) in [4.78, 5) is 0. The maximum atomic E-state index is 4.47. The number of quaternary nitrogens is 1. The van der Waals surface area contributed by atoms with E-state index in [1.54, 1.807) is 0 Å². The van der Waals surface area contributed by atoms with Crippen molar-refractivity contribution in [3.8, 4) is 0 Å². The monoisotopic (exact) mass is 623 g/mol. The average Bonchev–Trinajstić information content (AvgIpc) is 2.28. The SMILES string of the molecule is [CH2-]C(SCC)[N+](C)(CCC)C(C(C)C)[C@@H](I)CC.[U]. The van der Waals surface area contributed by atoms with E-state index < -0.39 is 0 Å². The van der Waals surface area contributed by atoms with Crippen LogP contribution in [0.2, 0.25) is 0 Å². The molecule has 4 atom stereocenters. The number of rotatable bonds is 9. The number of thioether (sulfide) groups is 1. The normalized spacial score (nSPS) is 19.4. The van der Waals surface area contributed by atoms with Crippen molar-refractivity contribution in [3.63, 3.8) is 0 Å². The largest absolute Gasteiger partial charge is 0.337 e. The van der Waals surface area contributed by atoms with E-state index in [-0.39, 0.29) is 31.1 Å². The fourth-order valence-electron chi connectivity index (χ4n) is 3.04. The van der Waals surface area contributed by atoms with Crippen LogP contribution in [0.4, 0.5) is 0 Å². The van der Waals surface area contributed by atoms with Crippen LogP contribution in [0.1, 0.15) is 47.5 Å². The van der Waals surface area contributed by atoms with E-state index in [0.29, 0.717) is 17.3 Å². The molecular formula is C15H32INSU. The molecule has 0 spiro atoms. The molecular weight excluding hydrogens is 591 g/mol. The van der Waals surface area contributed by atoms with Crippen molar-refractivity contribution in [3.05, 3.63) is 6.92 Å². The molecule has 114 valence electrons. The molecule has 0 N–H and O–H groups in total. The maximum Gasteiger partial charge on any atom is 0.102 e. The van der Waals surface area contributed by atoms with Gasteiger partial charge in [-0.2, -0.15) is 0 Å². The minimum atomic E-state index is 0. The predicted octanol–water partition coefficient (Wildman–Crippen LogP) is 4.99. The smallest absolute Gasteiger partial charge is 0.102 e. The van der Waals surface area contributed by atoms with Gasteiger partial charge in [0, 0.05) is 42.4 Å². The van der Waals surface area contributed by atoms with E-state index >= 15 is 0 Å². The summed E-state index contributed by atoms with van der Waals surface area (Å²) in [5.74, 6) is 1.87. The first-order valence-electron chi connectivity index (χ1n) is 7.28. The quantitative estimate of drug-likeness (QED) is 0.115. The third kappa shape index (κ3) is 6.80. The Morgan fingerprint density at radius 3 is 2.05 bits per heavy atom. The van der Waals surface area contributed by atoms with Gasteiger partial charge in [-0.05, 0) is 18.6 Å². The van der Waals surface area contributed by atoms with E-state index in [1.165, 1.54) is 19.4 Å². The van der Waals surface area contributed by atoms with Gasteiger partial charge in [-0.3, -0.25) is 6.92 Å². The van der Waals surface area contributed by atoms with Gasteiger partial charge in [-0.15, -0.1) is 11.8 Å². The molecule has 4 heteroatoms. The molecule has 0 aliphatic heterocycles. The number of hydrogen-bond donors (Lipinski definition) is 0. The van der Waals surface area contributed by atoms with Crippen LogP contribution in [0.25, 0.3) is 0 Å². The zero-order chi connectivity index (χ0) is 14.3. The Morgan fingerprint density at radius 2 is 1.74 bits per heavy atom. The summed E-state index contributed by atoms with van der Waals surface area (Å²) in [5.41, 5.74) is 0. The summed E-state index contributed by atoms with van der Waals surface area (Å²) < 4.78 is 1.86. The fourth-order valence-corrected chi connectivity index (χ4v) is 5.58. The molecule has 0 fully saturated rings. The van der Waals surface area contributed by atoms with Crippen molar-refractivity contribution in [1.82, 2.24) is 0 Å². The predicted molar refractivity (Wildman–Crippen MR) is 95.3 cm³/mol. The fraction of sp³-hybridized carbons (Fsp3) is 0.933. The van der Waals surface area contributed by atoms with Crippen LogP contribution in [0, 0.1) is 44.0 Å². The molecule has 3 unspecified atom stereocenters. The number of halogens is 1. The molecule has 0 aromatic rings. The molecule has 0 aromatic carbocycles. The topological polar surface area (TPSA) is 0 Å². The van der Waals surface area contributed by atoms with Gasteiger partial charge < -0.3 is 4.48 Å². The third-order valence-electron chi connectivity index (χ3n) is 3.85. The first kappa shape index (κ1) is 23.4. The van der Waals surface area contributed by atoms with Gasteiger partial charge in [-0.1, -0.05) is 57.2 Å². The Kier molecular flexibility index (Phi) is 14.3. The number of nitrogens with zero attached hydrogens (tertiary/aromatic N) is 1. The molecule has 19 heavy (non-hydrogen) atoms. The summed E-state index contributed by atoms with van der Waals surface area (Å²) in [7, 11) is 2.43. The minimum absolute atomic E-state index is 0. The van der Waals surface area contributed by atoms with E-state index in [1.807, 2.05) is 11.8 Å². The molecule has 0 aliphatic rings. The maximum absolute atomic E-state index is 4.47. The van der Waals surface area contributed by atoms with Gasteiger partial charge in [0.25, 0.3) is 0 Å². The summed E-state index contributed by atoms with van der Waals surface area (Å²) in [6, 6.07) is 0.706. The zero-order valence-electron chi connectivity index (χ0n) is 13.6. The van der Waals surface area contributed by atoms with E-state index in [0.717, 1.165) is 14.2 Å². The van der Waals surface area contributed by atoms with Crippen LogP contribution in [-0.4, -0.2) is 39.2 Å². The second-order valence-electron chi connectivity index (χ2n) is 5.64. The molecule has 0 saturated carbocycles. The molecule has 0 saturated heterocycles. The Labute approximate surface area is 163 Å². The standard InChI is InChI=1S/C15H32INS.U/c1-8-11-17(7,13(6)18-10-3)15(12(4)5)14(16)9-2;/h12-15H,6,8-11H2,1-5,7H3;/t13?,14-,15?,17?;/m0./s1. The Morgan fingerprint density at radius 1 is 1.21 bits per heavy atom. The molecule has 0 amide bonds. The van der Waals surface area contributed by atoms with Gasteiger partial charge in [-0.25, -0.2) is 0 Å². The summed E-state index contributed by atoms with van der Waals surface area (Å²) in [6.45, 7) is 17.3. The molecule has 1 nitrogen and oxygen atoms in total. The molecule has 0 aromatic heterocycles. The van der Waals surface area contributed by atoms with Gasteiger partial charge >= 0.3 is 0 Å². The van der Waals surface area contributed by atoms with Crippen LogP contribution >= 0.6 is 34.4 Å². The van der Waals surface area contributed by atoms with Gasteiger partial charge in [0.2, 0.25) is 0 Å². The van der Waals surface area contributed by atoms with E-state index in [2.05, 4.69) is 71.2 Å². The molecule has 0 bridgehead atoms. The number of alkyl halides is 1. The minimum Gasteiger partial charge on any atom is -0.337 e. The van der Waals surface area contributed by atoms with E-state index in [9.17, 15) is 0 Å². The molecule has 0 aliphatic carbocycles. The molecule has 0 radical (unpaired) electrons. The molecule has 0 heterocycles. The zero-order valence-corrected chi connectivity index (χ0v) is 20.7. The summed E-state index contributed by atoms with van der Waals surface area (Å²) in [5, 5.41) is 0.450. The summed E-state index contributed by atoms with van der Waals surface area (Å²) in [6.07, 6.45) is 2.49. The van der Waals surface area contributed by atoms with Gasteiger partial charge in [0.15, 0.2) is 0 Å². The average molecular weight is 623 g/mol. The first-order valence-corrected chi connectivity index (χ1v) is 9.58. The van der Waals surface area contributed by atoms with Crippen molar-refractivity contribution in [2.45, 2.75) is 62.8 Å². The van der Waals surface area contributed by atoms with Crippen LogP contribution in [-0.2, 0) is 0 Å². The van der Waals surface area contributed by atoms with Crippen LogP contribution in [0.15, 0.2) is 0 Å². The first-order chi connectivity index (χ1) is 8.34. The van der Waals surface area contributed by atoms with Crippen LogP contribution in [0.3, 0.4) is 0 Å². The van der Waals surface area contributed by atoms with Crippen molar-refractivity contribution in [2.24, 2.45) is 5.92 Å². The Bertz CT molecular complexity index is 228. The summed E-state index contributed by atoms with van der Waals surface area (Å²) >= 11 is 4.67. The van der Waals surface area contributed by atoms with Gasteiger partial charge in [0.05, 0.1) is 17.5 Å². The van der Waals surface area contributed by atoms with Crippen molar-refractivity contribution in [1.29, 1.82) is 0 Å². The van der Waals surface area contributed by atoms with Gasteiger partial charge in [0.1, 0.15) is 6.04 Å². The Balaban J connectivity index is 0. The van der Waals surface area contributed by atoms with Crippen molar-refractivity contribution in [2.75, 3.05) is 19.3 Å². The van der Waals surface area contributed by atoms with Crippen molar-refractivity contribution < 1.29 is 35.6 Å². The van der Waals surface area contributed by atoms with Crippen LogP contribution < -0.4 is 0 Å². The molecule has 0 rings (SSSR count). The van der Waals surface area contributed by atoms with Crippen molar-refractivity contribution >= 4 is 34.4 Å². The van der Waals surface area contributed by atoms with Crippen LogP contribution in [0.5, 0.6) is 0 Å².